The van der Waals surface area contributed by atoms with Gasteiger partial charge in [0.2, 0.25) is 5.91 Å². The van der Waals surface area contributed by atoms with Gasteiger partial charge in [-0.1, -0.05) is 42.5 Å². The quantitative estimate of drug-likeness (QED) is 0.433. The molecule has 2 aromatic carbocycles. The number of likely N-dealkylation sites (tertiary alicyclic amines) is 1. The Bertz CT molecular complexity index is 1250. The van der Waals surface area contributed by atoms with Crippen LogP contribution in [0, 0.1) is 5.82 Å². The molecule has 1 aliphatic rings. The summed E-state index contributed by atoms with van der Waals surface area (Å²) in [6, 6.07) is 20.9. The van der Waals surface area contributed by atoms with E-state index in [0.717, 1.165) is 48.2 Å². The first-order valence-corrected chi connectivity index (χ1v) is 11.6. The zero-order valence-electron chi connectivity index (χ0n) is 18.5. The highest BCUT2D eigenvalue weighted by Gasteiger charge is 2.27. The molecule has 0 unspecified atom stereocenters. The summed E-state index contributed by atoms with van der Waals surface area (Å²) in [6.07, 6.45) is 5.54. The number of halogens is 1. The number of aryl methyl sites for hydroxylation is 2. The van der Waals surface area contributed by atoms with E-state index in [-0.39, 0.29) is 24.2 Å². The minimum atomic E-state index is -0.304. The number of fused-ring (bicyclic) bond motifs is 1. The van der Waals surface area contributed by atoms with Crippen molar-refractivity contribution in [2.45, 2.75) is 38.1 Å². The lowest BCUT2D eigenvalue weighted by molar-refractivity contribution is -0.131. The molecule has 1 fully saturated rings. The molecule has 1 aliphatic heterocycles. The number of aromatic nitrogens is 3. The topological polar surface area (TPSA) is 51.0 Å². The average molecular weight is 443 g/mol. The van der Waals surface area contributed by atoms with Gasteiger partial charge in [-0.05, 0) is 54.7 Å². The van der Waals surface area contributed by atoms with Crippen molar-refractivity contribution in [3.63, 3.8) is 0 Å². The number of amides is 1. The lowest BCUT2D eigenvalue weighted by atomic mass is 10.0. The van der Waals surface area contributed by atoms with Crippen LogP contribution in [0.5, 0.6) is 0 Å². The molecule has 0 saturated carbocycles. The fourth-order valence-electron chi connectivity index (χ4n) is 4.74. The molecule has 4 aromatic rings. The molecule has 6 heteroatoms. The molecular weight excluding hydrogens is 415 g/mol. The lowest BCUT2D eigenvalue weighted by Crippen LogP contribution is -2.40. The Balaban J connectivity index is 1.30. The molecule has 33 heavy (non-hydrogen) atoms. The molecule has 0 bridgehead atoms. The molecule has 5 rings (SSSR count). The van der Waals surface area contributed by atoms with Gasteiger partial charge >= 0.3 is 0 Å². The Labute approximate surface area is 192 Å². The first kappa shape index (κ1) is 21.3. The predicted octanol–water partition coefficient (Wildman–Crippen LogP) is 4.76. The highest BCUT2D eigenvalue weighted by Crippen LogP contribution is 2.29. The number of carbonyl (C=O) groups is 1. The minimum absolute atomic E-state index is 0.0527. The fourth-order valence-corrected chi connectivity index (χ4v) is 4.74. The number of carbonyl (C=O) groups excluding carboxylic acids is 1. The summed E-state index contributed by atoms with van der Waals surface area (Å²) < 4.78 is 15.8. The van der Waals surface area contributed by atoms with Crippen LogP contribution in [0.2, 0.25) is 0 Å². The lowest BCUT2D eigenvalue weighted by Gasteiger charge is -2.33. The van der Waals surface area contributed by atoms with Crippen molar-refractivity contribution in [3.8, 4) is 0 Å². The Morgan fingerprint density at radius 2 is 1.73 bits per heavy atom. The van der Waals surface area contributed by atoms with E-state index in [1.54, 1.807) is 12.1 Å². The summed E-state index contributed by atoms with van der Waals surface area (Å²) in [6.45, 7) is 1.37. The van der Waals surface area contributed by atoms with Crippen molar-refractivity contribution in [2.75, 3.05) is 13.1 Å². The minimum Gasteiger partial charge on any atom is -0.342 e. The smallest absolute Gasteiger partial charge is 0.226 e. The molecule has 0 radical (unpaired) electrons. The molecule has 0 aliphatic carbocycles. The van der Waals surface area contributed by atoms with Crippen LogP contribution in [0.15, 0.2) is 72.9 Å². The van der Waals surface area contributed by atoms with Crippen LogP contribution in [0.1, 0.15) is 35.8 Å². The SMILES string of the molecule is O=C(Cc1cccc(F)c1)N1CCC(n2c(CCc3ccccc3)nc3cccnc32)CC1. The van der Waals surface area contributed by atoms with Gasteiger partial charge in [0.15, 0.2) is 5.65 Å². The van der Waals surface area contributed by atoms with Crippen molar-refractivity contribution in [3.05, 3.63) is 95.7 Å². The van der Waals surface area contributed by atoms with Gasteiger partial charge < -0.3 is 9.47 Å². The molecule has 0 spiro atoms. The molecule has 1 saturated heterocycles. The summed E-state index contributed by atoms with van der Waals surface area (Å²) in [4.78, 5) is 24.2. The Hall–Kier alpha value is -3.54. The second-order valence-corrected chi connectivity index (χ2v) is 8.65. The summed E-state index contributed by atoms with van der Waals surface area (Å²) in [5.41, 5.74) is 3.85. The zero-order valence-corrected chi connectivity index (χ0v) is 18.5. The number of rotatable bonds is 6. The van der Waals surface area contributed by atoms with Crippen LogP contribution in [0.4, 0.5) is 4.39 Å². The predicted molar refractivity (Wildman–Crippen MR) is 126 cm³/mol. The van der Waals surface area contributed by atoms with E-state index in [1.165, 1.54) is 17.7 Å². The number of piperidine rings is 1. The second kappa shape index (κ2) is 9.53. The monoisotopic (exact) mass is 442 g/mol. The van der Waals surface area contributed by atoms with E-state index in [9.17, 15) is 9.18 Å². The van der Waals surface area contributed by atoms with Crippen molar-refractivity contribution in [1.29, 1.82) is 0 Å². The van der Waals surface area contributed by atoms with Crippen LogP contribution in [-0.2, 0) is 24.1 Å². The maximum absolute atomic E-state index is 13.5. The van der Waals surface area contributed by atoms with Crippen LogP contribution in [-0.4, -0.2) is 38.4 Å². The zero-order chi connectivity index (χ0) is 22.6. The third kappa shape index (κ3) is 4.80. The first-order chi connectivity index (χ1) is 16.2. The summed E-state index contributed by atoms with van der Waals surface area (Å²) in [5.74, 6) is 0.801. The molecule has 5 nitrogen and oxygen atoms in total. The highest BCUT2D eigenvalue weighted by molar-refractivity contribution is 5.79. The molecule has 1 amide bonds. The molecule has 168 valence electrons. The number of hydrogen-bond acceptors (Lipinski definition) is 3. The van der Waals surface area contributed by atoms with Gasteiger partial charge in [0.25, 0.3) is 0 Å². The van der Waals surface area contributed by atoms with Crippen molar-refractivity contribution in [2.24, 2.45) is 0 Å². The van der Waals surface area contributed by atoms with E-state index in [4.69, 9.17) is 4.98 Å². The Morgan fingerprint density at radius 1 is 0.939 bits per heavy atom. The third-order valence-electron chi connectivity index (χ3n) is 6.43. The maximum Gasteiger partial charge on any atom is 0.226 e. The normalized spacial score (nSPS) is 14.6. The van der Waals surface area contributed by atoms with Gasteiger partial charge in [-0.2, -0.15) is 0 Å². The Kier molecular flexibility index (Phi) is 6.15. The van der Waals surface area contributed by atoms with E-state index >= 15 is 0 Å². The van der Waals surface area contributed by atoms with Gasteiger partial charge in [0, 0.05) is 31.7 Å². The van der Waals surface area contributed by atoms with E-state index in [0.29, 0.717) is 13.1 Å². The third-order valence-corrected chi connectivity index (χ3v) is 6.43. The van der Waals surface area contributed by atoms with Gasteiger partial charge in [-0.15, -0.1) is 0 Å². The van der Waals surface area contributed by atoms with E-state index < -0.39 is 0 Å². The van der Waals surface area contributed by atoms with Crippen LogP contribution >= 0.6 is 0 Å². The number of nitrogens with zero attached hydrogens (tertiary/aromatic N) is 4. The van der Waals surface area contributed by atoms with E-state index in [1.807, 2.05) is 29.3 Å². The first-order valence-electron chi connectivity index (χ1n) is 11.6. The number of imidazole rings is 1. The summed E-state index contributed by atoms with van der Waals surface area (Å²) in [7, 11) is 0. The second-order valence-electron chi connectivity index (χ2n) is 8.65. The maximum atomic E-state index is 13.5. The highest BCUT2D eigenvalue weighted by atomic mass is 19.1. The van der Waals surface area contributed by atoms with Gasteiger partial charge in [0.1, 0.15) is 17.2 Å². The largest absolute Gasteiger partial charge is 0.342 e. The summed E-state index contributed by atoms with van der Waals surface area (Å²) in [5, 5.41) is 0. The fraction of sp³-hybridized carbons (Fsp3) is 0.296. The van der Waals surface area contributed by atoms with E-state index in [2.05, 4.69) is 33.8 Å². The molecule has 0 N–H and O–H groups in total. The van der Waals surface area contributed by atoms with Crippen LogP contribution < -0.4 is 0 Å². The molecule has 3 heterocycles. The number of pyridine rings is 1. The van der Waals surface area contributed by atoms with Crippen molar-refractivity contribution in [1.82, 2.24) is 19.4 Å². The van der Waals surface area contributed by atoms with Gasteiger partial charge in [-0.3, -0.25) is 4.79 Å². The van der Waals surface area contributed by atoms with Crippen molar-refractivity contribution >= 4 is 17.1 Å². The average Bonchev–Trinajstić information content (AvgIpc) is 3.22. The Morgan fingerprint density at radius 3 is 2.52 bits per heavy atom. The van der Waals surface area contributed by atoms with Gasteiger partial charge in [0.05, 0.1) is 6.42 Å². The number of benzene rings is 2. The summed E-state index contributed by atoms with van der Waals surface area (Å²) >= 11 is 0. The molecular formula is C27H27FN4O. The van der Waals surface area contributed by atoms with Crippen molar-refractivity contribution < 1.29 is 9.18 Å². The molecule has 2 aromatic heterocycles. The van der Waals surface area contributed by atoms with Crippen LogP contribution in [0.25, 0.3) is 11.2 Å². The standard InChI is InChI=1S/C27H27FN4O/c28-22-9-4-8-21(18-22)19-26(33)31-16-13-23(14-17-31)32-25(12-11-20-6-2-1-3-7-20)30-24-10-5-15-29-27(24)32/h1-10,15,18,23H,11-14,16-17,19H2. The van der Waals surface area contributed by atoms with Crippen LogP contribution in [0.3, 0.4) is 0 Å². The number of hydrogen-bond donors (Lipinski definition) is 0. The molecule has 0 atom stereocenters. The van der Waals surface area contributed by atoms with Gasteiger partial charge in [-0.25, -0.2) is 14.4 Å².